The Balaban J connectivity index is 1.73. The van der Waals surface area contributed by atoms with Crippen LogP contribution in [0.1, 0.15) is 37.6 Å². The van der Waals surface area contributed by atoms with Crippen molar-refractivity contribution in [1.82, 2.24) is 9.55 Å². The molecule has 30 heavy (non-hydrogen) atoms. The number of primary sulfonamides is 1. The number of carbonyl (C=O) groups is 1. The predicted octanol–water partition coefficient (Wildman–Crippen LogP) is 3.30. The average molecular weight is 434 g/mol. The summed E-state index contributed by atoms with van der Waals surface area (Å²) in [6.45, 7) is 2.71. The zero-order chi connectivity index (χ0) is 21.7. The van der Waals surface area contributed by atoms with Gasteiger partial charge in [0.15, 0.2) is 0 Å². The van der Waals surface area contributed by atoms with E-state index in [0.717, 1.165) is 23.9 Å². The number of aryl methyl sites for hydroxylation is 2. The molecular weight excluding hydrogens is 409 g/mol. The second-order valence-electron chi connectivity index (χ2n) is 7.02. The molecule has 9 heteroatoms. The number of nitrogens with zero attached hydrogens (tertiary/aromatic N) is 2. The maximum absolute atomic E-state index is 13.0. The van der Waals surface area contributed by atoms with Crippen molar-refractivity contribution in [2.45, 2.75) is 50.7 Å². The van der Waals surface area contributed by atoms with Crippen LogP contribution in [-0.2, 0) is 39.1 Å². The van der Waals surface area contributed by atoms with Gasteiger partial charge in [0, 0.05) is 13.0 Å². The Labute approximate surface area is 174 Å². The molecule has 0 saturated carbocycles. The lowest BCUT2D eigenvalue weighted by Gasteiger charge is -2.09. The van der Waals surface area contributed by atoms with Crippen molar-refractivity contribution in [3.05, 3.63) is 59.7 Å². The molecule has 1 aromatic heterocycles. The van der Waals surface area contributed by atoms with Crippen LogP contribution in [0.3, 0.4) is 0 Å². The number of carbonyl (C=O) groups excluding carboxylic acids is 1. The van der Waals surface area contributed by atoms with Crippen molar-refractivity contribution in [3.63, 3.8) is 0 Å². The summed E-state index contributed by atoms with van der Waals surface area (Å²) in [4.78, 5) is 16.6. The fourth-order valence-electron chi connectivity index (χ4n) is 3.13. The maximum Gasteiger partial charge on any atom is 0.306 e. The zero-order valence-electron chi connectivity index (χ0n) is 16.7. The number of imidazole rings is 1. The number of rotatable bonds is 9. The largest absolute Gasteiger partial charge is 0.457 e. The number of fused-ring (bicyclic) bond motifs is 1. The van der Waals surface area contributed by atoms with E-state index in [0.29, 0.717) is 24.3 Å². The molecule has 0 bridgehead atoms. The fourth-order valence-corrected chi connectivity index (χ4v) is 3.66. The lowest BCUT2D eigenvalue weighted by Crippen LogP contribution is -2.12. The van der Waals surface area contributed by atoms with E-state index in [1.807, 2.05) is 4.57 Å². The van der Waals surface area contributed by atoms with Gasteiger partial charge in [0.2, 0.25) is 10.0 Å². The Kier molecular flexibility index (Phi) is 6.84. The molecule has 0 atom stereocenters. The summed E-state index contributed by atoms with van der Waals surface area (Å²) in [6, 6.07) is 10.5. The Bertz CT molecular complexity index is 1140. The summed E-state index contributed by atoms with van der Waals surface area (Å²) in [5.41, 5.74) is 2.09. The molecule has 0 spiro atoms. The SMILES string of the molecule is CCCCn1c(COC(=O)CCc2ccc(F)cc2)nc2cc(S(N)(=O)=O)ccc21. The number of sulfonamides is 1. The van der Waals surface area contributed by atoms with Crippen LogP contribution in [0.5, 0.6) is 0 Å². The van der Waals surface area contributed by atoms with Crippen LogP contribution in [0.15, 0.2) is 47.4 Å². The number of halogens is 1. The monoisotopic (exact) mass is 433 g/mol. The Morgan fingerprint density at radius 3 is 2.60 bits per heavy atom. The third kappa shape index (κ3) is 5.43. The molecule has 3 aromatic rings. The molecule has 3 rings (SSSR count). The van der Waals surface area contributed by atoms with E-state index in [1.54, 1.807) is 18.2 Å². The highest BCUT2D eigenvalue weighted by Crippen LogP contribution is 2.21. The summed E-state index contributed by atoms with van der Waals surface area (Å²) in [6.07, 6.45) is 2.47. The van der Waals surface area contributed by atoms with Gasteiger partial charge in [0.05, 0.1) is 15.9 Å². The minimum absolute atomic E-state index is 0.0158. The predicted molar refractivity (Wildman–Crippen MR) is 111 cm³/mol. The molecule has 1 heterocycles. The van der Waals surface area contributed by atoms with Crippen LogP contribution in [0.4, 0.5) is 4.39 Å². The van der Waals surface area contributed by atoms with Crippen LogP contribution >= 0.6 is 0 Å². The van der Waals surface area contributed by atoms with Gasteiger partial charge in [-0.2, -0.15) is 0 Å². The first-order valence-corrected chi connectivity index (χ1v) is 11.2. The summed E-state index contributed by atoms with van der Waals surface area (Å²) in [5.74, 6) is -0.170. The number of unbranched alkanes of at least 4 members (excludes halogenated alkanes) is 1. The molecule has 0 unspecified atom stereocenters. The van der Waals surface area contributed by atoms with Gasteiger partial charge in [-0.1, -0.05) is 25.5 Å². The molecule has 7 nitrogen and oxygen atoms in total. The van der Waals surface area contributed by atoms with Gasteiger partial charge >= 0.3 is 5.97 Å². The van der Waals surface area contributed by atoms with E-state index in [9.17, 15) is 17.6 Å². The molecule has 2 N–H and O–H groups in total. The van der Waals surface area contributed by atoms with E-state index in [1.165, 1.54) is 24.3 Å². The number of nitrogens with two attached hydrogens (primary N) is 1. The summed E-state index contributed by atoms with van der Waals surface area (Å²) < 4.78 is 43.5. The molecule has 0 fully saturated rings. The van der Waals surface area contributed by atoms with E-state index >= 15 is 0 Å². The van der Waals surface area contributed by atoms with E-state index in [4.69, 9.17) is 9.88 Å². The van der Waals surface area contributed by atoms with Crippen LogP contribution in [0, 0.1) is 5.82 Å². The van der Waals surface area contributed by atoms with Crippen molar-refractivity contribution in [1.29, 1.82) is 0 Å². The number of benzene rings is 2. The molecule has 0 amide bonds. The van der Waals surface area contributed by atoms with E-state index in [2.05, 4.69) is 11.9 Å². The molecule has 0 saturated heterocycles. The van der Waals surface area contributed by atoms with Gasteiger partial charge in [0.1, 0.15) is 18.2 Å². The van der Waals surface area contributed by atoms with Gasteiger partial charge in [-0.05, 0) is 48.7 Å². The number of hydrogen-bond donors (Lipinski definition) is 1. The number of aromatic nitrogens is 2. The van der Waals surface area contributed by atoms with Crippen LogP contribution in [0.25, 0.3) is 11.0 Å². The minimum Gasteiger partial charge on any atom is -0.457 e. The van der Waals surface area contributed by atoms with E-state index < -0.39 is 16.0 Å². The van der Waals surface area contributed by atoms with Crippen molar-refractivity contribution in [3.8, 4) is 0 Å². The van der Waals surface area contributed by atoms with Gasteiger partial charge in [-0.15, -0.1) is 0 Å². The average Bonchev–Trinajstić information content (AvgIpc) is 3.06. The van der Waals surface area contributed by atoms with Crippen molar-refractivity contribution in [2.75, 3.05) is 0 Å². The zero-order valence-corrected chi connectivity index (χ0v) is 17.5. The Hall–Kier alpha value is -2.78. The Morgan fingerprint density at radius 1 is 1.20 bits per heavy atom. The van der Waals surface area contributed by atoms with Gasteiger partial charge in [0.25, 0.3) is 0 Å². The highest BCUT2D eigenvalue weighted by Gasteiger charge is 2.16. The second-order valence-corrected chi connectivity index (χ2v) is 8.58. The van der Waals surface area contributed by atoms with Crippen molar-refractivity contribution < 1.29 is 22.3 Å². The second kappa shape index (κ2) is 9.36. The topological polar surface area (TPSA) is 104 Å². The maximum atomic E-state index is 13.0. The normalized spacial score (nSPS) is 11.7. The lowest BCUT2D eigenvalue weighted by molar-refractivity contribution is -0.145. The summed E-state index contributed by atoms with van der Waals surface area (Å²) >= 11 is 0. The summed E-state index contributed by atoms with van der Waals surface area (Å²) in [5, 5.41) is 5.21. The van der Waals surface area contributed by atoms with E-state index in [-0.39, 0.29) is 23.7 Å². The van der Waals surface area contributed by atoms with Crippen molar-refractivity contribution in [2.24, 2.45) is 5.14 Å². The Morgan fingerprint density at radius 2 is 1.93 bits per heavy atom. The first-order chi connectivity index (χ1) is 14.3. The first-order valence-electron chi connectivity index (χ1n) is 9.70. The molecule has 2 aromatic carbocycles. The summed E-state index contributed by atoms with van der Waals surface area (Å²) in [7, 11) is -3.84. The number of ether oxygens (including phenoxy) is 1. The van der Waals surface area contributed by atoms with Gasteiger partial charge in [-0.3, -0.25) is 4.79 Å². The van der Waals surface area contributed by atoms with Gasteiger partial charge < -0.3 is 9.30 Å². The number of esters is 1. The van der Waals surface area contributed by atoms with Gasteiger partial charge in [-0.25, -0.2) is 22.9 Å². The molecule has 0 aliphatic heterocycles. The molecule has 0 radical (unpaired) electrons. The lowest BCUT2D eigenvalue weighted by atomic mass is 10.1. The number of hydrogen-bond acceptors (Lipinski definition) is 5. The van der Waals surface area contributed by atoms with Crippen LogP contribution in [0.2, 0.25) is 0 Å². The highest BCUT2D eigenvalue weighted by molar-refractivity contribution is 7.89. The fraction of sp³-hybridized carbons (Fsp3) is 0.333. The first kappa shape index (κ1) is 21.9. The molecule has 160 valence electrons. The van der Waals surface area contributed by atoms with Crippen LogP contribution < -0.4 is 5.14 Å². The van der Waals surface area contributed by atoms with Crippen LogP contribution in [-0.4, -0.2) is 23.9 Å². The standard InChI is InChI=1S/C21H24FN3O4S/c1-2-3-12-25-19-10-9-17(30(23,27)28)13-18(19)24-20(25)14-29-21(26)11-6-15-4-7-16(22)8-5-15/h4-5,7-10,13H,2-3,6,11-12,14H2,1H3,(H2,23,27,28). The molecule has 0 aliphatic carbocycles. The minimum atomic E-state index is -3.84. The molecule has 0 aliphatic rings. The quantitative estimate of drug-likeness (QED) is 0.522. The smallest absolute Gasteiger partial charge is 0.306 e. The third-order valence-electron chi connectivity index (χ3n) is 4.76. The molecular formula is C21H24FN3O4S. The highest BCUT2D eigenvalue weighted by atomic mass is 32.2. The third-order valence-corrected chi connectivity index (χ3v) is 5.67. The van der Waals surface area contributed by atoms with Crippen molar-refractivity contribution >= 4 is 27.0 Å².